The van der Waals surface area contributed by atoms with Crippen molar-refractivity contribution in [2.75, 3.05) is 31.7 Å². The number of hydrogen-bond acceptors (Lipinski definition) is 5. The number of hydrogen-bond donors (Lipinski definition) is 2. The number of aromatic carboxylic acids is 1. The third-order valence-electron chi connectivity index (χ3n) is 2.19. The molecule has 100 valence electrons. The van der Waals surface area contributed by atoms with Gasteiger partial charge in [-0.3, -0.25) is 0 Å². The fourth-order valence-electron chi connectivity index (χ4n) is 1.14. The molecule has 0 fully saturated rings. The Morgan fingerprint density at radius 3 is 2.67 bits per heavy atom. The SMILES string of the molecule is CN(C)S(=O)(=O)CCNc1cccc(C(=O)O)n1. The Morgan fingerprint density at radius 2 is 2.11 bits per heavy atom. The molecule has 8 heteroatoms. The Hall–Kier alpha value is -1.67. The fourth-order valence-corrected chi connectivity index (χ4v) is 1.87. The van der Waals surface area contributed by atoms with Gasteiger partial charge in [0.05, 0.1) is 5.75 Å². The average Bonchev–Trinajstić information content (AvgIpc) is 2.29. The lowest BCUT2D eigenvalue weighted by atomic mass is 10.3. The lowest BCUT2D eigenvalue weighted by Crippen LogP contribution is -2.28. The van der Waals surface area contributed by atoms with Gasteiger partial charge in [-0.15, -0.1) is 0 Å². The molecule has 7 nitrogen and oxygen atoms in total. The van der Waals surface area contributed by atoms with Gasteiger partial charge < -0.3 is 10.4 Å². The van der Waals surface area contributed by atoms with Gasteiger partial charge in [-0.2, -0.15) is 0 Å². The number of anilines is 1. The number of aromatic nitrogens is 1. The zero-order valence-corrected chi connectivity index (χ0v) is 10.9. The summed E-state index contributed by atoms with van der Waals surface area (Å²) in [6.45, 7) is 0.163. The van der Waals surface area contributed by atoms with E-state index in [9.17, 15) is 13.2 Å². The summed E-state index contributed by atoms with van der Waals surface area (Å²) in [7, 11) is -0.354. The van der Waals surface area contributed by atoms with Crippen molar-refractivity contribution >= 4 is 21.8 Å². The normalized spacial score (nSPS) is 11.5. The Morgan fingerprint density at radius 1 is 1.44 bits per heavy atom. The molecule has 0 aliphatic rings. The molecular weight excluding hydrogens is 258 g/mol. The number of carboxylic acids is 1. The van der Waals surface area contributed by atoms with Crippen LogP contribution in [0.5, 0.6) is 0 Å². The van der Waals surface area contributed by atoms with E-state index in [1.165, 1.54) is 20.2 Å². The van der Waals surface area contributed by atoms with Gasteiger partial charge in [-0.25, -0.2) is 22.5 Å². The van der Waals surface area contributed by atoms with E-state index in [0.717, 1.165) is 4.31 Å². The van der Waals surface area contributed by atoms with Crippen molar-refractivity contribution < 1.29 is 18.3 Å². The Bertz CT molecular complexity index is 528. The van der Waals surface area contributed by atoms with Crippen molar-refractivity contribution in [2.24, 2.45) is 0 Å². The molecule has 0 unspecified atom stereocenters. The van der Waals surface area contributed by atoms with Crippen molar-refractivity contribution in [3.63, 3.8) is 0 Å². The smallest absolute Gasteiger partial charge is 0.354 e. The average molecular weight is 273 g/mol. The van der Waals surface area contributed by atoms with Gasteiger partial charge in [-0.1, -0.05) is 6.07 Å². The molecule has 2 N–H and O–H groups in total. The van der Waals surface area contributed by atoms with Crippen LogP contribution in [0.25, 0.3) is 0 Å². The fraction of sp³-hybridized carbons (Fsp3) is 0.400. The topological polar surface area (TPSA) is 99.6 Å². The summed E-state index contributed by atoms with van der Waals surface area (Å²) in [5.74, 6) is -0.873. The van der Waals surface area contributed by atoms with E-state index in [4.69, 9.17) is 5.11 Å². The maximum absolute atomic E-state index is 11.5. The molecule has 0 radical (unpaired) electrons. The molecule has 0 spiro atoms. The molecular formula is C10H15N3O4S. The quantitative estimate of drug-likeness (QED) is 0.761. The summed E-state index contributed by atoms with van der Waals surface area (Å²) < 4.78 is 24.1. The number of nitrogens with one attached hydrogen (secondary N) is 1. The van der Waals surface area contributed by atoms with E-state index in [1.54, 1.807) is 12.1 Å². The Kier molecular flexibility index (Phi) is 4.62. The van der Waals surface area contributed by atoms with E-state index >= 15 is 0 Å². The molecule has 0 atom stereocenters. The molecule has 18 heavy (non-hydrogen) atoms. The Balaban J connectivity index is 2.60. The van der Waals surface area contributed by atoms with Crippen LogP contribution in [0.3, 0.4) is 0 Å². The third-order valence-corrected chi connectivity index (χ3v) is 4.02. The van der Waals surface area contributed by atoms with Gasteiger partial charge >= 0.3 is 5.97 Å². The summed E-state index contributed by atoms with van der Waals surface area (Å²) in [6.07, 6.45) is 0. The molecule has 0 aromatic carbocycles. The van der Waals surface area contributed by atoms with Gasteiger partial charge in [0.2, 0.25) is 10.0 Å². The van der Waals surface area contributed by atoms with E-state index in [2.05, 4.69) is 10.3 Å². The standard InChI is InChI=1S/C10H15N3O4S/c1-13(2)18(16,17)7-6-11-9-5-3-4-8(12-9)10(14)15/h3-5H,6-7H2,1-2H3,(H,11,12)(H,14,15). The second kappa shape index (κ2) is 5.78. The molecule has 1 aromatic rings. The maximum atomic E-state index is 11.5. The van der Waals surface area contributed by atoms with E-state index in [-0.39, 0.29) is 18.0 Å². The van der Waals surface area contributed by atoms with Crippen molar-refractivity contribution in [1.82, 2.24) is 9.29 Å². The van der Waals surface area contributed by atoms with E-state index < -0.39 is 16.0 Å². The summed E-state index contributed by atoms with van der Waals surface area (Å²) in [5.41, 5.74) is -0.0875. The first-order valence-electron chi connectivity index (χ1n) is 5.17. The van der Waals surface area contributed by atoms with Gasteiger partial charge in [0.15, 0.2) is 5.69 Å². The Labute approximate surface area is 106 Å². The number of nitrogens with zero attached hydrogens (tertiary/aromatic N) is 2. The summed E-state index contributed by atoms with van der Waals surface area (Å²) in [5, 5.41) is 11.5. The second-order valence-corrected chi connectivity index (χ2v) is 6.04. The highest BCUT2D eigenvalue weighted by molar-refractivity contribution is 7.89. The largest absolute Gasteiger partial charge is 0.477 e. The first kappa shape index (κ1) is 14.4. The highest BCUT2D eigenvalue weighted by atomic mass is 32.2. The van der Waals surface area contributed by atoms with E-state index in [1.807, 2.05) is 0 Å². The number of carboxylic acid groups (broad SMARTS) is 1. The predicted molar refractivity (Wildman–Crippen MR) is 67.2 cm³/mol. The van der Waals surface area contributed by atoms with Crippen LogP contribution in [0.15, 0.2) is 18.2 Å². The molecule has 0 saturated carbocycles. The summed E-state index contributed by atoms with van der Waals surface area (Å²) in [6, 6.07) is 4.48. The zero-order chi connectivity index (χ0) is 13.8. The molecule has 1 aromatic heterocycles. The minimum Gasteiger partial charge on any atom is -0.477 e. The summed E-state index contributed by atoms with van der Waals surface area (Å²) >= 11 is 0. The maximum Gasteiger partial charge on any atom is 0.354 e. The number of pyridine rings is 1. The molecule has 0 amide bonds. The van der Waals surface area contributed by atoms with Crippen LogP contribution in [0, 0.1) is 0 Å². The van der Waals surface area contributed by atoms with Gasteiger partial charge in [0.25, 0.3) is 0 Å². The minimum absolute atomic E-state index is 0.0843. The highest BCUT2D eigenvalue weighted by Gasteiger charge is 2.13. The van der Waals surface area contributed by atoms with Gasteiger partial charge in [0.1, 0.15) is 5.82 Å². The molecule has 1 rings (SSSR count). The molecule has 0 bridgehead atoms. The van der Waals surface area contributed by atoms with Crippen LogP contribution in [-0.2, 0) is 10.0 Å². The molecule has 0 aliphatic heterocycles. The minimum atomic E-state index is -3.27. The monoisotopic (exact) mass is 273 g/mol. The highest BCUT2D eigenvalue weighted by Crippen LogP contribution is 2.05. The molecule has 0 saturated heterocycles. The summed E-state index contributed by atoms with van der Waals surface area (Å²) in [4.78, 5) is 14.5. The lowest BCUT2D eigenvalue weighted by Gasteiger charge is -2.11. The van der Waals surface area contributed by atoms with Gasteiger partial charge in [-0.05, 0) is 12.1 Å². The number of sulfonamides is 1. The van der Waals surface area contributed by atoms with Crippen molar-refractivity contribution in [3.8, 4) is 0 Å². The first-order valence-corrected chi connectivity index (χ1v) is 6.78. The lowest BCUT2D eigenvalue weighted by molar-refractivity contribution is 0.0690. The van der Waals surface area contributed by atoms with E-state index in [0.29, 0.717) is 5.82 Å². The third kappa shape index (κ3) is 3.97. The van der Waals surface area contributed by atoms with Crippen LogP contribution in [0.2, 0.25) is 0 Å². The predicted octanol–water partition coefficient (Wildman–Crippen LogP) is 0.0831. The number of carbonyl (C=O) groups is 1. The van der Waals surface area contributed by atoms with Crippen LogP contribution in [-0.4, -0.2) is 55.2 Å². The van der Waals surface area contributed by atoms with Crippen molar-refractivity contribution in [3.05, 3.63) is 23.9 Å². The zero-order valence-electron chi connectivity index (χ0n) is 10.1. The molecule has 0 aliphatic carbocycles. The van der Waals surface area contributed by atoms with Crippen LogP contribution in [0.4, 0.5) is 5.82 Å². The van der Waals surface area contributed by atoms with Crippen molar-refractivity contribution in [1.29, 1.82) is 0 Å². The van der Waals surface area contributed by atoms with Gasteiger partial charge in [0, 0.05) is 20.6 Å². The first-order chi connectivity index (χ1) is 8.33. The second-order valence-electron chi connectivity index (χ2n) is 3.74. The van der Waals surface area contributed by atoms with Crippen molar-refractivity contribution in [2.45, 2.75) is 0 Å². The number of rotatable bonds is 6. The van der Waals surface area contributed by atoms with Crippen LogP contribution >= 0.6 is 0 Å². The van der Waals surface area contributed by atoms with Crippen LogP contribution in [0.1, 0.15) is 10.5 Å². The van der Waals surface area contributed by atoms with Crippen LogP contribution < -0.4 is 5.32 Å². The molecule has 1 heterocycles.